The van der Waals surface area contributed by atoms with Crippen LogP contribution >= 0.6 is 0 Å². The number of fused-ring (bicyclic) bond motifs is 2. The molecule has 0 fully saturated rings. The van der Waals surface area contributed by atoms with Gasteiger partial charge in [-0.25, -0.2) is 0 Å². The van der Waals surface area contributed by atoms with E-state index < -0.39 is 64.6 Å². The van der Waals surface area contributed by atoms with Gasteiger partial charge in [-0.1, -0.05) is 443 Å². The quantitative estimate of drug-likeness (QED) is 0.0216. The molecule has 574 valence electrons. The Labute approximate surface area is 650 Å². The zero-order chi connectivity index (χ0) is 77.4. The largest absolute Gasteiger partial charge is 0.309 e. The van der Waals surface area contributed by atoms with Crippen LogP contribution in [-0.2, 0) is 10.8 Å². The molecular formula is C94H156N2Si8. The molecule has 7 aromatic carbocycles. The van der Waals surface area contributed by atoms with E-state index in [1.165, 1.54) is 212 Å². The molecule has 0 aliphatic rings. The van der Waals surface area contributed by atoms with Crippen LogP contribution in [0.4, 0.5) is 34.1 Å². The van der Waals surface area contributed by atoms with Crippen LogP contribution in [-0.4, -0.2) is 64.6 Å². The minimum absolute atomic E-state index is 0.119. The summed E-state index contributed by atoms with van der Waals surface area (Å²) in [6, 6.07) is 80.7. The lowest BCUT2D eigenvalue weighted by Gasteiger charge is -2.40. The molecule has 10 heteroatoms. The molecule has 0 bridgehead atoms. The summed E-state index contributed by atoms with van der Waals surface area (Å²) in [7, 11) is -16.0. The van der Waals surface area contributed by atoms with Crippen LogP contribution in [0.25, 0.3) is 21.5 Å². The van der Waals surface area contributed by atoms with E-state index in [1.807, 2.05) is 0 Å². The van der Waals surface area contributed by atoms with Crippen molar-refractivity contribution in [3.05, 3.63) is 120 Å². The van der Waals surface area contributed by atoms with Gasteiger partial charge < -0.3 is 9.80 Å². The highest BCUT2D eigenvalue weighted by atomic mass is 28.3. The predicted molar refractivity (Wildman–Crippen MR) is 503 cm³/mol. The van der Waals surface area contributed by atoms with Gasteiger partial charge in [-0.3, -0.25) is 0 Å². The van der Waals surface area contributed by atoms with Gasteiger partial charge in [0, 0.05) is 44.3 Å². The first kappa shape index (κ1) is 87.6. The average Bonchev–Trinajstić information content (AvgIpc) is 0.707. The molecule has 0 saturated heterocycles. The van der Waals surface area contributed by atoms with E-state index in [-0.39, 0.29) is 10.8 Å². The Hall–Kier alpha value is -3.60. The van der Waals surface area contributed by atoms with Crippen LogP contribution in [0.1, 0.15) is 219 Å². The summed E-state index contributed by atoms with van der Waals surface area (Å²) >= 11 is 0. The molecule has 0 aliphatic carbocycles. The van der Waals surface area contributed by atoms with Crippen molar-refractivity contribution in [2.24, 2.45) is 0 Å². The summed E-state index contributed by atoms with van der Waals surface area (Å²) in [5.41, 5.74) is 11.0. The second kappa shape index (κ2) is 35.6. The first-order valence-corrected chi connectivity index (χ1v) is 64.7. The lowest BCUT2D eigenvalue weighted by Crippen LogP contribution is -2.52. The number of hydrogen-bond donors (Lipinski definition) is 0. The van der Waals surface area contributed by atoms with E-state index >= 15 is 0 Å². The van der Waals surface area contributed by atoms with Crippen molar-refractivity contribution in [1.82, 2.24) is 0 Å². The highest BCUT2D eigenvalue weighted by molar-refractivity contribution is 6.97. The number of hydrogen-bond acceptors (Lipinski definition) is 2. The van der Waals surface area contributed by atoms with Crippen molar-refractivity contribution < 1.29 is 0 Å². The van der Waals surface area contributed by atoms with E-state index in [0.29, 0.717) is 0 Å². The molecule has 0 amide bonds. The highest BCUT2D eigenvalue weighted by Crippen LogP contribution is 2.53. The van der Waals surface area contributed by atoms with Gasteiger partial charge in [0.2, 0.25) is 0 Å². The Morgan fingerprint density at radius 2 is 0.337 bits per heavy atom. The first-order chi connectivity index (χ1) is 49.4. The highest BCUT2D eigenvalue weighted by Gasteiger charge is 2.43. The molecule has 7 rings (SSSR count). The third-order valence-corrected chi connectivity index (χ3v) is 75.7. The Balaban J connectivity index is 2.04. The fourth-order valence-electron chi connectivity index (χ4n) is 20.7. The van der Waals surface area contributed by atoms with Crippen LogP contribution in [0, 0.1) is 0 Å². The molecule has 0 radical (unpaired) electrons. The first-order valence-electron chi connectivity index (χ1n) is 43.7. The normalized spacial score (nSPS) is 13.4. The molecule has 7 aromatic rings. The summed E-state index contributed by atoms with van der Waals surface area (Å²) in [5.74, 6) is 0. The Kier molecular flexibility index (Phi) is 30.0. The molecule has 0 aromatic heterocycles. The van der Waals surface area contributed by atoms with Crippen LogP contribution in [0.15, 0.2) is 109 Å². The summed E-state index contributed by atoms with van der Waals surface area (Å²) in [4.78, 5) is 6.06. The molecular weight excluding hydrogens is 1380 g/mol. The fourth-order valence-corrected chi connectivity index (χ4v) is 50.4. The van der Waals surface area contributed by atoms with Crippen molar-refractivity contribution >= 4 is 162 Å². The summed E-state index contributed by atoms with van der Waals surface area (Å²) in [6.45, 7) is 76.5. The maximum Gasteiger partial charge on any atom is 0.0860 e. The number of nitrogens with zero attached hydrogens (tertiary/aromatic N) is 2. The molecule has 0 unspecified atom stereocenters. The standard InChI is InChI=1S/C94H156N2Si8/c1-31-97(32-2,33-3)79-61-75(62-80(69-79)98(34-4,35-5)36-6)95(76-63-81(99(37-7,38-8)39-9)70-82(64-76)100(40-10,41-11)42-12)91-87-57-55-74(94(28,29)30)60-90(87)92(88-58-56-73(59-89(88)91)93(25,26)27)96(77-65-83(101(43-13,44-14)45-15)71-84(66-77)102(46-16,47-17)48-18)78-67-85(103(49-19,50-20)51-21)72-86(68-78)104(52-22,53-23)54-24/h55-72H,31-54H2,1-30H3. The third kappa shape index (κ3) is 15.9. The summed E-state index contributed by atoms with van der Waals surface area (Å²) in [5, 5.41) is 19.1. The molecule has 0 saturated carbocycles. The van der Waals surface area contributed by atoms with Crippen molar-refractivity contribution in [2.75, 3.05) is 9.80 Å². The van der Waals surface area contributed by atoms with Gasteiger partial charge in [-0.15, -0.1) is 0 Å². The van der Waals surface area contributed by atoms with Gasteiger partial charge in [-0.05, 0) is 82.6 Å². The van der Waals surface area contributed by atoms with Crippen molar-refractivity contribution in [2.45, 2.75) is 364 Å². The fraction of sp³-hybridized carbons (Fsp3) is 0.596. The molecule has 0 atom stereocenters. The third-order valence-electron chi connectivity index (χ3n) is 31.1. The van der Waals surface area contributed by atoms with Gasteiger partial charge >= 0.3 is 0 Å². The molecule has 104 heavy (non-hydrogen) atoms. The van der Waals surface area contributed by atoms with E-state index in [1.54, 1.807) is 41.5 Å². The number of rotatable bonds is 38. The minimum atomic E-state index is -2.00. The van der Waals surface area contributed by atoms with Gasteiger partial charge in [0.1, 0.15) is 0 Å². The molecule has 2 nitrogen and oxygen atoms in total. The summed E-state index contributed by atoms with van der Waals surface area (Å²) in [6.07, 6.45) is 0. The van der Waals surface area contributed by atoms with Gasteiger partial charge in [0.15, 0.2) is 0 Å². The van der Waals surface area contributed by atoms with Crippen LogP contribution in [0.2, 0.25) is 145 Å². The number of anilines is 6. The monoisotopic (exact) mass is 1540 g/mol. The maximum atomic E-state index is 3.03. The zero-order valence-electron chi connectivity index (χ0n) is 73.3. The smallest absolute Gasteiger partial charge is 0.0860 e. The lowest BCUT2D eigenvalue weighted by molar-refractivity contribution is 0.590. The van der Waals surface area contributed by atoms with E-state index in [0.717, 1.165) is 0 Å². The Bertz CT molecular complexity index is 3310. The van der Waals surface area contributed by atoms with E-state index in [9.17, 15) is 0 Å². The summed E-state index contributed by atoms with van der Waals surface area (Å²) < 4.78 is 0. The molecule has 0 aliphatic heterocycles. The minimum Gasteiger partial charge on any atom is -0.309 e. The average molecular weight is 1540 g/mol. The van der Waals surface area contributed by atoms with E-state index in [4.69, 9.17) is 0 Å². The Morgan fingerprint density at radius 3 is 0.462 bits per heavy atom. The topological polar surface area (TPSA) is 6.48 Å². The van der Waals surface area contributed by atoms with Crippen molar-refractivity contribution in [1.29, 1.82) is 0 Å². The second-order valence-electron chi connectivity index (χ2n) is 35.2. The lowest BCUT2D eigenvalue weighted by atomic mass is 9.82. The van der Waals surface area contributed by atoms with Gasteiger partial charge in [0.25, 0.3) is 0 Å². The molecule has 0 N–H and O–H groups in total. The van der Waals surface area contributed by atoms with Crippen LogP contribution in [0.5, 0.6) is 0 Å². The van der Waals surface area contributed by atoms with Crippen molar-refractivity contribution in [3.63, 3.8) is 0 Å². The zero-order valence-corrected chi connectivity index (χ0v) is 81.3. The van der Waals surface area contributed by atoms with Gasteiger partial charge in [0.05, 0.1) is 76.0 Å². The van der Waals surface area contributed by atoms with Crippen LogP contribution < -0.4 is 51.3 Å². The van der Waals surface area contributed by atoms with Crippen LogP contribution in [0.3, 0.4) is 0 Å². The molecule has 0 spiro atoms. The molecule has 0 heterocycles. The second-order valence-corrected chi connectivity index (χ2v) is 77.3. The SMILES string of the molecule is CC[Si](CC)(CC)c1cc(N(c2cc([Si](CC)(CC)CC)cc([Si](CC)(CC)CC)c2)c2c3ccc(C(C)(C)C)cc3c(N(c3cc([Si](CC)(CC)CC)cc([Si](CC)(CC)CC)c3)c3cc([Si](CC)(CC)CC)cc([Si](CC)(CC)CC)c3)c3ccc(C(C)(C)C)cc23)cc([Si](CC)(CC)CC)c1. The maximum absolute atomic E-state index is 3.03. The predicted octanol–water partition coefficient (Wildman–Crippen LogP) is 27.3. The Morgan fingerprint density at radius 1 is 0.192 bits per heavy atom. The number of benzene rings is 7. The van der Waals surface area contributed by atoms with E-state index in [2.05, 4.69) is 327 Å². The van der Waals surface area contributed by atoms with Gasteiger partial charge in [-0.2, -0.15) is 0 Å². The van der Waals surface area contributed by atoms with Crippen molar-refractivity contribution in [3.8, 4) is 0 Å².